The quantitative estimate of drug-likeness (QED) is 0.409. The van der Waals surface area contributed by atoms with E-state index in [1.165, 1.54) is 0 Å². The molecule has 14 heavy (non-hydrogen) atoms. The molecular weight excluding hydrogens is 200 g/mol. The highest BCUT2D eigenvalue weighted by molar-refractivity contribution is 7.80. The van der Waals surface area contributed by atoms with Crippen LogP contribution in [0.5, 0.6) is 0 Å². The lowest BCUT2D eigenvalue weighted by atomic mass is 10.2. The van der Waals surface area contributed by atoms with E-state index in [-0.39, 0.29) is 11.8 Å². The van der Waals surface area contributed by atoms with Crippen LogP contribution in [0.25, 0.3) is 0 Å². The zero-order valence-corrected chi connectivity index (χ0v) is 9.19. The van der Waals surface area contributed by atoms with Crippen molar-refractivity contribution in [3.05, 3.63) is 0 Å². The molecular formula is C9H18N2O2S. The van der Waals surface area contributed by atoms with Gasteiger partial charge < -0.3 is 11.1 Å². The van der Waals surface area contributed by atoms with Crippen LogP contribution in [0.3, 0.4) is 0 Å². The molecule has 4 nitrogen and oxygen atoms in total. The van der Waals surface area contributed by atoms with Gasteiger partial charge in [-0.05, 0) is 18.6 Å². The molecule has 3 N–H and O–H groups in total. The van der Waals surface area contributed by atoms with Crippen molar-refractivity contribution in [2.45, 2.75) is 32.1 Å². The summed E-state index contributed by atoms with van der Waals surface area (Å²) < 4.78 is 0. The average Bonchev–Trinajstić information content (AvgIpc) is 2.11. The van der Waals surface area contributed by atoms with Crippen LogP contribution in [0.1, 0.15) is 32.1 Å². The number of unbranched alkanes of at least 4 members (excludes halogenated alkanes) is 2. The number of primary amides is 1. The summed E-state index contributed by atoms with van der Waals surface area (Å²) in [7, 11) is 0. The lowest BCUT2D eigenvalue weighted by Gasteiger charge is -2.03. The summed E-state index contributed by atoms with van der Waals surface area (Å²) in [6, 6.07) is 0. The van der Waals surface area contributed by atoms with Crippen LogP contribution in [0.4, 0.5) is 0 Å². The number of carbonyl (C=O) groups is 2. The lowest BCUT2D eigenvalue weighted by molar-refractivity contribution is -0.121. The van der Waals surface area contributed by atoms with E-state index < -0.39 is 0 Å². The molecule has 5 heteroatoms. The summed E-state index contributed by atoms with van der Waals surface area (Å²) >= 11 is 3.95. The number of thiol groups is 1. The standard InChI is InChI=1S/C9H18N2O2S/c10-8(12)4-2-1-3-6-11-9(13)5-7-14/h14H,1-7H2,(H2,10,12)(H,11,13). The molecule has 2 amide bonds. The number of carbonyl (C=O) groups excluding carboxylic acids is 2. The van der Waals surface area contributed by atoms with Crippen LogP contribution in [0, 0.1) is 0 Å². The summed E-state index contributed by atoms with van der Waals surface area (Å²) in [6.07, 6.45) is 3.52. The van der Waals surface area contributed by atoms with Gasteiger partial charge in [0.25, 0.3) is 0 Å². The van der Waals surface area contributed by atoms with Crippen molar-refractivity contribution < 1.29 is 9.59 Å². The van der Waals surface area contributed by atoms with Crippen molar-refractivity contribution in [2.24, 2.45) is 5.73 Å². The smallest absolute Gasteiger partial charge is 0.220 e. The molecule has 0 rings (SSSR count). The van der Waals surface area contributed by atoms with Crippen molar-refractivity contribution in [2.75, 3.05) is 12.3 Å². The maximum atomic E-state index is 10.9. The van der Waals surface area contributed by atoms with Crippen molar-refractivity contribution in [3.63, 3.8) is 0 Å². The predicted octanol–water partition coefficient (Wildman–Crippen LogP) is 0.468. The van der Waals surface area contributed by atoms with Crippen LogP contribution < -0.4 is 11.1 Å². The van der Waals surface area contributed by atoms with Crippen molar-refractivity contribution in [1.82, 2.24) is 5.32 Å². The molecule has 0 radical (unpaired) electrons. The molecule has 0 aromatic rings. The summed E-state index contributed by atoms with van der Waals surface area (Å²) in [4.78, 5) is 21.3. The fourth-order valence-electron chi connectivity index (χ4n) is 1.02. The van der Waals surface area contributed by atoms with E-state index in [0.717, 1.165) is 19.3 Å². The molecule has 0 aliphatic rings. The Morgan fingerprint density at radius 2 is 1.86 bits per heavy atom. The molecule has 0 fully saturated rings. The van der Waals surface area contributed by atoms with Gasteiger partial charge in [0.15, 0.2) is 0 Å². The molecule has 0 bridgehead atoms. The second-order valence-corrected chi connectivity index (χ2v) is 3.55. The fourth-order valence-corrected chi connectivity index (χ4v) is 1.22. The largest absolute Gasteiger partial charge is 0.370 e. The van der Waals surface area contributed by atoms with Gasteiger partial charge in [-0.25, -0.2) is 0 Å². The first-order valence-electron chi connectivity index (χ1n) is 4.82. The molecule has 0 heterocycles. The van der Waals surface area contributed by atoms with Gasteiger partial charge in [0.1, 0.15) is 0 Å². The fraction of sp³-hybridized carbons (Fsp3) is 0.778. The molecule has 0 atom stereocenters. The minimum atomic E-state index is -0.260. The highest BCUT2D eigenvalue weighted by Crippen LogP contribution is 1.97. The zero-order chi connectivity index (χ0) is 10.8. The third-order valence-corrected chi connectivity index (χ3v) is 1.98. The monoisotopic (exact) mass is 218 g/mol. The van der Waals surface area contributed by atoms with E-state index in [1.54, 1.807) is 0 Å². The first kappa shape index (κ1) is 13.3. The minimum absolute atomic E-state index is 0.0369. The molecule has 82 valence electrons. The minimum Gasteiger partial charge on any atom is -0.370 e. The Hall–Kier alpha value is -0.710. The summed E-state index contributed by atoms with van der Waals surface area (Å²) in [6.45, 7) is 0.672. The molecule has 0 saturated heterocycles. The topological polar surface area (TPSA) is 72.2 Å². The Bertz CT molecular complexity index is 186. The first-order valence-corrected chi connectivity index (χ1v) is 5.46. The number of hydrogen-bond acceptors (Lipinski definition) is 3. The summed E-state index contributed by atoms with van der Waals surface area (Å²) in [5.41, 5.74) is 4.98. The third-order valence-electron chi connectivity index (χ3n) is 1.76. The van der Waals surface area contributed by atoms with Crippen LogP contribution in [-0.4, -0.2) is 24.1 Å². The Morgan fingerprint density at radius 3 is 2.43 bits per heavy atom. The second kappa shape index (κ2) is 8.87. The van der Waals surface area contributed by atoms with Crippen LogP contribution in [0.15, 0.2) is 0 Å². The van der Waals surface area contributed by atoms with Crippen LogP contribution in [0.2, 0.25) is 0 Å². The van der Waals surface area contributed by atoms with Gasteiger partial charge in [-0.1, -0.05) is 6.42 Å². The van der Waals surface area contributed by atoms with Gasteiger partial charge in [-0.15, -0.1) is 0 Å². The summed E-state index contributed by atoms with van der Waals surface area (Å²) in [5.74, 6) is 0.354. The maximum absolute atomic E-state index is 10.9. The van der Waals surface area contributed by atoms with Gasteiger partial charge in [0, 0.05) is 19.4 Å². The number of nitrogens with one attached hydrogen (secondary N) is 1. The predicted molar refractivity (Wildman–Crippen MR) is 59.1 cm³/mol. The molecule has 0 aromatic carbocycles. The van der Waals surface area contributed by atoms with E-state index in [1.807, 2.05) is 0 Å². The first-order chi connectivity index (χ1) is 6.66. The third kappa shape index (κ3) is 9.38. The number of hydrogen-bond donors (Lipinski definition) is 3. The second-order valence-electron chi connectivity index (χ2n) is 3.10. The highest BCUT2D eigenvalue weighted by Gasteiger charge is 1.98. The Morgan fingerprint density at radius 1 is 1.14 bits per heavy atom. The molecule has 0 aromatic heterocycles. The van der Waals surface area contributed by atoms with Gasteiger partial charge in [0.05, 0.1) is 0 Å². The molecule has 0 aliphatic heterocycles. The molecule has 0 aliphatic carbocycles. The van der Waals surface area contributed by atoms with Crippen molar-refractivity contribution >= 4 is 24.4 Å². The Balaban J connectivity index is 3.13. The lowest BCUT2D eigenvalue weighted by Crippen LogP contribution is -2.24. The van der Waals surface area contributed by atoms with Gasteiger partial charge in [-0.3, -0.25) is 9.59 Å². The van der Waals surface area contributed by atoms with Crippen molar-refractivity contribution in [3.8, 4) is 0 Å². The van der Waals surface area contributed by atoms with Crippen molar-refractivity contribution in [1.29, 1.82) is 0 Å². The van der Waals surface area contributed by atoms with E-state index in [2.05, 4.69) is 17.9 Å². The maximum Gasteiger partial charge on any atom is 0.220 e. The number of amides is 2. The van der Waals surface area contributed by atoms with Gasteiger partial charge >= 0.3 is 0 Å². The van der Waals surface area contributed by atoms with Gasteiger partial charge in [-0.2, -0.15) is 12.6 Å². The summed E-state index contributed by atoms with van der Waals surface area (Å²) in [5, 5.41) is 2.77. The van der Waals surface area contributed by atoms with E-state index >= 15 is 0 Å². The zero-order valence-electron chi connectivity index (χ0n) is 8.29. The molecule has 0 saturated carbocycles. The number of rotatable bonds is 8. The Kier molecular flexibility index (Phi) is 8.42. The van der Waals surface area contributed by atoms with E-state index in [9.17, 15) is 9.59 Å². The number of nitrogens with two attached hydrogens (primary N) is 1. The SMILES string of the molecule is NC(=O)CCCCCNC(=O)CCS. The normalized spacial score (nSPS) is 9.79. The molecule has 0 unspecified atom stereocenters. The molecule has 0 spiro atoms. The average molecular weight is 218 g/mol. The van der Waals surface area contributed by atoms with E-state index in [0.29, 0.717) is 25.1 Å². The van der Waals surface area contributed by atoms with Gasteiger partial charge in [0.2, 0.25) is 11.8 Å². The van der Waals surface area contributed by atoms with Crippen LogP contribution >= 0.6 is 12.6 Å². The van der Waals surface area contributed by atoms with E-state index in [4.69, 9.17) is 5.73 Å². The van der Waals surface area contributed by atoms with Crippen LogP contribution in [-0.2, 0) is 9.59 Å². The Labute approximate surface area is 90.0 Å². The highest BCUT2D eigenvalue weighted by atomic mass is 32.1.